The number of nitrogens with zero attached hydrogens (tertiary/aromatic N) is 4. The van der Waals surface area contributed by atoms with Crippen LogP contribution in [0.3, 0.4) is 0 Å². The van der Waals surface area contributed by atoms with E-state index in [1.807, 2.05) is 11.6 Å². The maximum absolute atomic E-state index is 11.4. The molecule has 19 heavy (non-hydrogen) atoms. The lowest BCUT2D eigenvalue weighted by Crippen LogP contribution is -2.11. The Balaban J connectivity index is 1.97. The second-order valence-electron chi connectivity index (χ2n) is 4.69. The van der Waals surface area contributed by atoms with E-state index in [-0.39, 0.29) is 11.7 Å². The van der Waals surface area contributed by atoms with Crippen molar-refractivity contribution >= 4 is 21.6 Å². The van der Waals surface area contributed by atoms with Gasteiger partial charge in [-0.15, -0.1) is 10.2 Å². The lowest BCUT2D eigenvalue weighted by atomic mass is 10.1. The van der Waals surface area contributed by atoms with E-state index in [2.05, 4.69) is 16.3 Å². The van der Waals surface area contributed by atoms with Crippen LogP contribution in [0, 0.1) is 17.2 Å². The van der Waals surface area contributed by atoms with Gasteiger partial charge in [0.15, 0.2) is 15.0 Å². The van der Waals surface area contributed by atoms with Crippen molar-refractivity contribution in [2.45, 2.75) is 24.4 Å². The van der Waals surface area contributed by atoms with Crippen LogP contribution in [0.25, 0.3) is 0 Å². The first kappa shape index (κ1) is 14.3. The lowest BCUT2D eigenvalue weighted by molar-refractivity contribution is 0.552. The van der Waals surface area contributed by atoms with E-state index in [4.69, 9.17) is 5.26 Å². The fraction of sp³-hybridized carbons (Fsp3) is 0.727. The molecule has 0 aliphatic carbocycles. The monoisotopic (exact) mass is 300 g/mol. The van der Waals surface area contributed by atoms with Gasteiger partial charge in [-0.3, -0.25) is 0 Å². The molecule has 1 fully saturated rings. The van der Waals surface area contributed by atoms with Gasteiger partial charge in [0.05, 0.1) is 17.6 Å². The van der Waals surface area contributed by atoms with E-state index in [0.717, 1.165) is 11.0 Å². The third-order valence-corrected chi connectivity index (χ3v) is 6.03. The molecule has 2 rings (SSSR count). The summed E-state index contributed by atoms with van der Waals surface area (Å²) in [4.78, 5) is 0. The minimum absolute atomic E-state index is 0.157. The Morgan fingerprint density at radius 3 is 2.95 bits per heavy atom. The fourth-order valence-corrected chi connectivity index (χ4v) is 4.76. The van der Waals surface area contributed by atoms with Gasteiger partial charge < -0.3 is 4.57 Å². The highest BCUT2D eigenvalue weighted by Gasteiger charge is 2.29. The van der Waals surface area contributed by atoms with E-state index < -0.39 is 9.84 Å². The van der Waals surface area contributed by atoms with E-state index >= 15 is 0 Å². The van der Waals surface area contributed by atoms with Crippen LogP contribution in [-0.2, 0) is 23.3 Å². The molecule has 6 nitrogen and oxygen atoms in total. The quantitative estimate of drug-likeness (QED) is 0.590. The number of aromatic nitrogens is 3. The number of nitriles is 1. The molecule has 1 aliphatic rings. The summed E-state index contributed by atoms with van der Waals surface area (Å²) in [7, 11) is -0.955. The van der Waals surface area contributed by atoms with Crippen molar-refractivity contribution < 1.29 is 8.42 Å². The van der Waals surface area contributed by atoms with Crippen molar-refractivity contribution in [3.05, 3.63) is 5.82 Å². The van der Waals surface area contributed by atoms with E-state index in [1.165, 1.54) is 11.8 Å². The molecule has 0 bridgehead atoms. The molecule has 0 N–H and O–H groups in total. The van der Waals surface area contributed by atoms with Gasteiger partial charge in [0.1, 0.15) is 5.82 Å². The average molecular weight is 300 g/mol. The van der Waals surface area contributed by atoms with Crippen molar-refractivity contribution in [1.29, 1.82) is 5.26 Å². The molecule has 0 radical (unpaired) electrons. The van der Waals surface area contributed by atoms with Gasteiger partial charge in [0.2, 0.25) is 0 Å². The van der Waals surface area contributed by atoms with Gasteiger partial charge in [0, 0.05) is 25.6 Å². The molecule has 1 aromatic heterocycles. The summed E-state index contributed by atoms with van der Waals surface area (Å²) in [6.45, 7) is 0. The first-order valence-electron chi connectivity index (χ1n) is 6.10. The Morgan fingerprint density at radius 2 is 2.32 bits per heavy atom. The zero-order valence-corrected chi connectivity index (χ0v) is 12.4. The molecular weight excluding hydrogens is 284 g/mol. The summed E-state index contributed by atoms with van der Waals surface area (Å²) in [5, 5.41) is 17.5. The smallest absolute Gasteiger partial charge is 0.190 e. The molecule has 0 unspecified atom stereocenters. The molecule has 1 saturated heterocycles. The molecule has 0 aromatic carbocycles. The van der Waals surface area contributed by atoms with Gasteiger partial charge in [-0.1, -0.05) is 11.8 Å². The number of hydrogen-bond acceptors (Lipinski definition) is 6. The standard InChI is InChI=1S/C11H16N4O2S2/c1-15-10(7-9-3-6-19(16,17)8-9)13-14-11(15)18-5-2-4-12/h9H,2-3,5-8H2,1H3/t9-/m0/s1. The van der Waals surface area contributed by atoms with Crippen LogP contribution >= 0.6 is 11.8 Å². The van der Waals surface area contributed by atoms with Crippen molar-refractivity contribution in [1.82, 2.24) is 14.8 Å². The summed E-state index contributed by atoms with van der Waals surface area (Å²) in [6.07, 6.45) is 1.85. The van der Waals surface area contributed by atoms with Crippen molar-refractivity contribution in [2.75, 3.05) is 17.3 Å². The third-order valence-electron chi connectivity index (χ3n) is 3.17. The topological polar surface area (TPSA) is 88.6 Å². The Kier molecular flexibility index (Phi) is 4.47. The predicted molar refractivity (Wildman–Crippen MR) is 72.4 cm³/mol. The number of thioether (sulfide) groups is 1. The molecule has 8 heteroatoms. The molecule has 2 heterocycles. The molecule has 104 valence electrons. The van der Waals surface area contributed by atoms with Gasteiger partial charge >= 0.3 is 0 Å². The molecule has 0 amide bonds. The Labute approximate surface area is 117 Å². The Morgan fingerprint density at radius 1 is 1.53 bits per heavy atom. The van der Waals surface area contributed by atoms with Gasteiger partial charge in [0.25, 0.3) is 0 Å². The van der Waals surface area contributed by atoms with Crippen LogP contribution < -0.4 is 0 Å². The average Bonchev–Trinajstić information content (AvgIpc) is 2.86. The third kappa shape index (κ3) is 3.70. The maximum atomic E-state index is 11.4. The molecule has 1 atom stereocenters. The Bertz CT molecular complexity index is 588. The highest BCUT2D eigenvalue weighted by molar-refractivity contribution is 7.99. The lowest BCUT2D eigenvalue weighted by Gasteiger charge is -2.07. The Hall–Kier alpha value is -1.07. The molecule has 0 saturated carbocycles. The van der Waals surface area contributed by atoms with Crippen molar-refractivity contribution in [3.63, 3.8) is 0 Å². The van der Waals surface area contributed by atoms with E-state index in [1.54, 1.807) is 0 Å². The molecule has 0 spiro atoms. The molecule has 1 aliphatic heterocycles. The summed E-state index contributed by atoms with van der Waals surface area (Å²) >= 11 is 1.50. The van der Waals surface area contributed by atoms with Crippen molar-refractivity contribution in [3.8, 4) is 6.07 Å². The normalized spacial score (nSPS) is 21.4. The summed E-state index contributed by atoms with van der Waals surface area (Å²) in [5.74, 6) is 2.22. The van der Waals surface area contributed by atoms with Gasteiger partial charge in [-0.25, -0.2) is 8.42 Å². The SMILES string of the molecule is Cn1c(C[C@@H]2CCS(=O)(=O)C2)nnc1SCCC#N. The van der Waals surface area contributed by atoms with Crippen LogP contribution in [0.15, 0.2) is 5.16 Å². The number of hydrogen-bond donors (Lipinski definition) is 0. The van der Waals surface area contributed by atoms with Crippen LogP contribution in [0.5, 0.6) is 0 Å². The van der Waals surface area contributed by atoms with E-state index in [9.17, 15) is 8.42 Å². The minimum Gasteiger partial charge on any atom is -0.309 e. The number of sulfone groups is 1. The fourth-order valence-electron chi connectivity index (χ4n) is 2.13. The minimum atomic E-state index is -2.84. The number of rotatable bonds is 5. The second-order valence-corrected chi connectivity index (χ2v) is 7.98. The zero-order chi connectivity index (χ0) is 13.9. The van der Waals surface area contributed by atoms with Crippen LogP contribution in [0.1, 0.15) is 18.7 Å². The second kappa shape index (κ2) is 5.92. The highest BCUT2D eigenvalue weighted by atomic mass is 32.2. The van der Waals surface area contributed by atoms with E-state index in [0.29, 0.717) is 30.8 Å². The van der Waals surface area contributed by atoms with Crippen LogP contribution in [-0.4, -0.2) is 40.4 Å². The van der Waals surface area contributed by atoms with Crippen LogP contribution in [0.4, 0.5) is 0 Å². The van der Waals surface area contributed by atoms with Gasteiger partial charge in [-0.05, 0) is 12.3 Å². The molecule has 1 aromatic rings. The van der Waals surface area contributed by atoms with Crippen LogP contribution in [0.2, 0.25) is 0 Å². The molecular formula is C11H16N4O2S2. The first-order valence-corrected chi connectivity index (χ1v) is 8.91. The highest BCUT2D eigenvalue weighted by Crippen LogP contribution is 2.23. The first-order chi connectivity index (χ1) is 9.02. The zero-order valence-electron chi connectivity index (χ0n) is 10.7. The largest absolute Gasteiger partial charge is 0.309 e. The summed E-state index contributed by atoms with van der Waals surface area (Å²) in [6, 6.07) is 2.09. The van der Waals surface area contributed by atoms with Crippen molar-refractivity contribution in [2.24, 2.45) is 13.0 Å². The maximum Gasteiger partial charge on any atom is 0.190 e. The van der Waals surface area contributed by atoms with Gasteiger partial charge in [-0.2, -0.15) is 5.26 Å². The summed E-state index contributed by atoms with van der Waals surface area (Å²) < 4.78 is 24.7. The summed E-state index contributed by atoms with van der Waals surface area (Å²) in [5.41, 5.74) is 0. The predicted octanol–water partition coefficient (Wildman–Crippen LogP) is 0.798.